The predicted octanol–water partition coefficient (Wildman–Crippen LogP) is 4.59. The maximum atomic E-state index is 13.5. The Morgan fingerprint density at radius 3 is 2.65 bits per heavy atom. The lowest BCUT2D eigenvalue weighted by molar-refractivity contribution is 0.0361. The molecule has 0 bridgehead atoms. The number of halogens is 1. The second-order valence-electron chi connectivity index (χ2n) is 8.12. The van der Waals surface area contributed by atoms with E-state index in [0.717, 1.165) is 68.8 Å². The normalized spacial score (nSPS) is 19.3. The molecule has 5 nitrogen and oxygen atoms in total. The van der Waals surface area contributed by atoms with E-state index in [9.17, 15) is 4.39 Å². The summed E-state index contributed by atoms with van der Waals surface area (Å²) in [6.07, 6.45) is 3.49. The zero-order chi connectivity index (χ0) is 21.0. The molecule has 1 aromatic heterocycles. The molecule has 0 spiro atoms. The lowest BCUT2D eigenvalue weighted by atomic mass is 9.91. The zero-order valence-corrected chi connectivity index (χ0v) is 18.4. The number of morpholine rings is 1. The standard InChI is InChI=1S/C24H27FN4OS/c25-20-10-8-19(9-11-20)23-26-27-24(29(23)13-12-28-14-16-30-17-15-28)31-22-7-3-5-18-4-1-2-6-21(18)22/h1-2,4,6,8-11,22H,3,5,7,12-17H2. The van der Waals surface area contributed by atoms with Gasteiger partial charge < -0.3 is 9.30 Å². The van der Waals surface area contributed by atoms with Gasteiger partial charge in [0.05, 0.1) is 13.2 Å². The summed E-state index contributed by atoms with van der Waals surface area (Å²) in [6, 6.07) is 15.3. The van der Waals surface area contributed by atoms with Crippen LogP contribution in [0, 0.1) is 5.82 Å². The highest BCUT2D eigenvalue weighted by molar-refractivity contribution is 7.99. The lowest BCUT2D eigenvalue weighted by Gasteiger charge is -2.27. The summed E-state index contributed by atoms with van der Waals surface area (Å²) in [5, 5.41) is 10.4. The van der Waals surface area contributed by atoms with Gasteiger partial charge in [0.1, 0.15) is 5.82 Å². The van der Waals surface area contributed by atoms with E-state index < -0.39 is 0 Å². The van der Waals surface area contributed by atoms with E-state index in [1.165, 1.54) is 29.7 Å². The second kappa shape index (κ2) is 9.51. The first-order valence-corrected chi connectivity index (χ1v) is 11.9. The van der Waals surface area contributed by atoms with Gasteiger partial charge in [-0.25, -0.2) is 4.39 Å². The molecule has 7 heteroatoms. The molecule has 1 aliphatic carbocycles. The molecule has 0 radical (unpaired) electrons. The highest BCUT2D eigenvalue weighted by Crippen LogP contribution is 2.43. The van der Waals surface area contributed by atoms with Crippen molar-refractivity contribution < 1.29 is 9.13 Å². The third-order valence-electron chi connectivity index (χ3n) is 6.12. The van der Waals surface area contributed by atoms with Crippen LogP contribution in [0.3, 0.4) is 0 Å². The van der Waals surface area contributed by atoms with Gasteiger partial charge in [-0.3, -0.25) is 4.90 Å². The topological polar surface area (TPSA) is 43.2 Å². The van der Waals surface area contributed by atoms with Crippen molar-refractivity contribution in [2.75, 3.05) is 32.8 Å². The van der Waals surface area contributed by atoms with Crippen LogP contribution in [-0.4, -0.2) is 52.5 Å². The van der Waals surface area contributed by atoms with Crippen molar-refractivity contribution in [3.05, 3.63) is 65.5 Å². The third kappa shape index (κ3) is 4.68. The van der Waals surface area contributed by atoms with Crippen LogP contribution >= 0.6 is 11.8 Å². The minimum atomic E-state index is -0.239. The second-order valence-corrected chi connectivity index (χ2v) is 9.29. The minimum absolute atomic E-state index is 0.239. The maximum absolute atomic E-state index is 13.5. The highest BCUT2D eigenvalue weighted by Gasteiger charge is 2.25. The van der Waals surface area contributed by atoms with E-state index in [1.54, 1.807) is 12.1 Å². The Hall–Kier alpha value is -2.22. The van der Waals surface area contributed by atoms with Gasteiger partial charge in [-0.05, 0) is 54.7 Å². The van der Waals surface area contributed by atoms with E-state index in [0.29, 0.717) is 5.25 Å². The number of thioether (sulfide) groups is 1. The molecule has 3 aromatic rings. The van der Waals surface area contributed by atoms with Crippen molar-refractivity contribution >= 4 is 11.8 Å². The van der Waals surface area contributed by atoms with Crippen molar-refractivity contribution in [1.82, 2.24) is 19.7 Å². The number of ether oxygens (including phenoxy) is 1. The number of hydrogen-bond donors (Lipinski definition) is 0. The number of aromatic nitrogens is 3. The fourth-order valence-electron chi connectivity index (χ4n) is 4.42. The number of fused-ring (bicyclic) bond motifs is 1. The quantitative estimate of drug-likeness (QED) is 0.563. The Labute approximate surface area is 186 Å². The molecular formula is C24H27FN4OS. The maximum Gasteiger partial charge on any atom is 0.192 e. The van der Waals surface area contributed by atoms with Crippen molar-refractivity contribution in [2.45, 2.75) is 36.2 Å². The molecule has 0 N–H and O–H groups in total. The molecule has 0 saturated carbocycles. The van der Waals surface area contributed by atoms with E-state index in [-0.39, 0.29) is 5.82 Å². The molecule has 31 heavy (non-hydrogen) atoms. The lowest BCUT2D eigenvalue weighted by Crippen LogP contribution is -2.38. The van der Waals surface area contributed by atoms with Crippen LogP contribution in [0.2, 0.25) is 0 Å². The van der Waals surface area contributed by atoms with E-state index in [1.807, 2.05) is 11.8 Å². The number of aryl methyl sites for hydroxylation is 1. The zero-order valence-electron chi connectivity index (χ0n) is 17.5. The number of benzene rings is 2. The molecule has 162 valence electrons. The first kappa shape index (κ1) is 20.7. The summed E-state index contributed by atoms with van der Waals surface area (Å²) in [6.45, 7) is 5.20. The first-order valence-electron chi connectivity index (χ1n) is 11.0. The van der Waals surface area contributed by atoms with Crippen molar-refractivity contribution in [3.63, 3.8) is 0 Å². The molecule has 1 aliphatic heterocycles. The summed E-state index contributed by atoms with van der Waals surface area (Å²) in [5.41, 5.74) is 3.76. The third-order valence-corrected chi connectivity index (χ3v) is 7.41. The Morgan fingerprint density at radius 2 is 1.81 bits per heavy atom. The van der Waals surface area contributed by atoms with Crippen molar-refractivity contribution in [2.24, 2.45) is 0 Å². The predicted molar refractivity (Wildman–Crippen MR) is 121 cm³/mol. The molecule has 1 atom stereocenters. The van der Waals surface area contributed by atoms with Gasteiger partial charge in [0.15, 0.2) is 11.0 Å². The van der Waals surface area contributed by atoms with Gasteiger partial charge in [0.25, 0.3) is 0 Å². The smallest absolute Gasteiger partial charge is 0.192 e. The van der Waals surface area contributed by atoms with Crippen LogP contribution in [0.25, 0.3) is 11.4 Å². The Balaban J connectivity index is 1.43. The fraction of sp³-hybridized carbons (Fsp3) is 0.417. The van der Waals surface area contributed by atoms with E-state index in [4.69, 9.17) is 4.74 Å². The van der Waals surface area contributed by atoms with Crippen LogP contribution in [0.1, 0.15) is 29.2 Å². The summed E-state index contributed by atoms with van der Waals surface area (Å²) in [5.74, 6) is 0.566. The van der Waals surface area contributed by atoms with Gasteiger partial charge in [0, 0.05) is 37.0 Å². The highest BCUT2D eigenvalue weighted by atomic mass is 32.2. The Kier molecular flexibility index (Phi) is 6.34. The molecule has 0 amide bonds. The summed E-state index contributed by atoms with van der Waals surface area (Å²) in [4.78, 5) is 2.42. The van der Waals surface area contributed by atoms with Crippen LogP contribution in [0.4, 0.5) is 4.39 Å². The molecule has 1 fully saturated rings. The molecule has 2 aliphatic rings. The molecule has 2 aromatic carbocycles. The van der Waals surface area contributed by atoms with E-state index in [2.05, 4.69) is 43.9 Å². The molecular weight excluding hydrogens is 411 g/mol. The van der Waals surface area contributed by atoms with Gasteiger partial charge in [-0.1, -0.05) is 36.0 Å². The average molecular weight is 439 g/mol. The van der Waals surface area contributed by atoms with Crippen LogP contribution in [0.15, 0.2) is 53.7 Å². The van der Waals surface area contributed by atoms with Gasteiger partial charge >= 0.3 is 0 Å². The Bertz CT molecular complexity index is 1020. The minimum Gasteiger partial charge on any atom is -0.379 e. The van der Waals surface area contributed by atoms with Gasteiger partial charge in [-0.15, -0.1) is 10.2 Å². The monoisotopic (exact) mass is 438 g/mol. The number of hydrogen-bond acceptors (Lipinski definition) is 5. The summed E-state index contributed by atoms with van der Waals surface area (Å²) < 4.78 is 21.2. The van der Waals surface area contributed by atoms with E-state index >= 15 is 0 Å². The van der Waals surface area contributed by atoms with Crippen LogP contribution in [-0.2, 0) is 17.7 Å². The number of rotatable bonds is 6. The largest absolute Gasteiger partial charge is 0.379 e. The van der Waals surface area contributed by atoms with Gasteiger partial charge in [0.2, 0.25) is 0 Å². The SMILES string of the molecule is Fc1ccc(-c2nnc(SC3CCCc4ccccc43)n2CCN2CCOCC2)cc1. The van der Waals surface area contributed by atoms with Crippen LogP contribution in [0.5, 0.6) is 0 Å². The summed E-state index contributed by atoms with van der Waals surface area (Å²) in [7, 11) is 0. The average Bonchev–Trinajstić information content (AvgIpc) is 3.21. The first-order chi connectivity index (χ1) is 15.3. The fourth-order valence-corrected chi connectivity index (χ4v) is 5.70. The number of nitrogens with zero attached hydrogens (tertiary/aromatic N) is 4. The van der Waals surface area contributed by atoms with Crippen molar-refractivity contribution in [1.29, 1.82) is 0 Å². The molecule has 5 rings (SSSR count). The molecule has 1 saturated heterocycles. The van der Waals surface area contributed by atoms with Crippen LogP contribution < -0.4 is 0 Å². The van der Waals surface area contributed by atoms with Crippen molar-refractivity contribution in [3.8, 4) is 11.4 Å². The summed E-state index contributed by atoms with van der Waals surface area (Å²) >= 11 is 1.81. The Morgan fingerprint density at radius 1 is 1.00 bits per heavy atom. The molecule has 1 unspecified atom stereocenters. The van der Waals surface area contributed by atoms with Gasteiger partial charge in [-0.2, -0.15) is 0 Å². The molecule has 2 heterocycles.